The van der Waals surface area contributed by atoms with Crippen LogP contribution in [0.2, 0.25) is 0 Å². The molecular formula is C28H40BF3N6O6. The second-order valence-corrected chi connectivity index (χ2v) is 10.4. The molecule has 0 aromatic heterocycles. The van der Waals surface area contributed by atoms with Gasteiger partial charge in [-0.15, -0.1) is 0 Å². The highest BCUT2D eigenvalue weighted by molar-refractivity contribution is 6.62. The molecular weight excluding hydrogens is 584 g/mol. The Morgan fingerprint density at radius 3 is 2.25 bits per heavy atom. The number of fused-ring (bicyclic) bond motifs is 1. The zero-order valence-corrected chi connectivity index (χ0v) is 24.9. The van der Waals surface area contributed by atoms with E-state index in [9.17, 15) is 32.6 Å². The van der Waals surface area contributed by atoms with Crippen molar-refractivity contribution in [3.05, 3.63) is 53.6 Å². The van der Waals surface area contributed by atoms with Gasteiger partial charge >= 0.3 is 13.3 Å². The monoisotopic (exact) mass is 624 g/mol. The summed E-state index contributed by atoms with van der Waals surface area (Å²) in [4.78, 5) is 38.2. The van der Waals surface area contributed by atoms with E-state index in [0.717, 1.165) is 17.7 Å². The minimum atomic E-state index is -4.27. The molecule has 0 bridgehead atoms. The molecule has 1 aliphatic heterocycles. The van der Waals surface area contributed by atoms with Gasteiger partial charge in [0.05, 0.1) is 30.9 Å². The predicted molar refractivity (Wildman–Crippen MR) is 160 cm³/mol. The van der Waals surface area contributed by atoms with Crippen LogP contribution in [-0.4, -0.2) is 80.6 Å². The van der Waals surface area contributed by atoms with Gasteiger partial charge in [0.2, 0.25) is 17.7 Å². The van der Waals surface area contributed by atoms with E-state index in [-0.39, 0.29) is 25.3 Å². The highest BCUT2D eigenvalue weighted by Crippen LogP contribution is 2.31. The number of ether oxygens (including phenoxy) is 1. The zero-order chi connectivity index (χ0) is 33.1. The number of nitrogens with one attached hydrogen (secondary N) is 2. The molecule has 1 unspecified atom stereocenters. The summed E-state index contributed by atoms with van der Waals surface area (Å²) in [6, 6.07) is 8.68. The highest BCUT2D eigenvalue weighted by Gasteiger charge is 2.40. The molecule has 9 N–H and O–H groups in total. The molecule has 2 aromatic rings. The Labute approximate surface area is 254 Å². The van der Waals surface area contributed by atoms with Crippen molar-refractivity contribution in [2.45, 2.75) is 44.5 Å². The molecule has 2 aromatic carbocycles. The van der Waals surface area contributed by atoms with Crippen molar-refractivity contribution in [3.8, 4) is 5.75 Å². The maximum Gasteiger partial charge on any atom is 0.492 e. The third kappa shape index (κ3) is 10.8. The Bertz CT molecular complexity index is 1260. The normalized spacial score (nSPS) is 14.1. The summed E-state index contributed by atoms with van der Waals surface area (Å²) >= 11 is 0. The van der Waals surface area contributed by atoms with Crippen LogP contribution >= 0.6 is 0 Å². The molecule has 1 aliphatic rings. The van der Waals surface area contributed by atoms with E-state index in [1.54, 1.807) is 23.1 Å². The largest absolute Gasteiger partial charge is 0.497 e. The number of nitrogens with zero attached hydrogens (tertiary/aromatic N) is 1. The Morgan fingerprint density at radius 2 is 1.70 bits per heavy atom. The van der Waals surface area contributed by atoms with Crippen LogP contribution in [0.4, 0.5) is 18.9 Å². The third-order valence-corrected chi connectivity index (χ3v) is 6.66. The molecule has 3 amide bonds. The number of rotatable bonds is 12. The van der Waals surface area contributed by atoms with Crippen LogP contribution in [0.5, 0.6) is 5.75 Å². The summed E-state index contributed by atoms with van der Waals surface area (Å²) < 4.78 is 46.2. The number of hydrogen-bond donors (Lipinski definition) is 6. The fourth-order valence-electron chi connectivity index (χ4n) is 4.30. The van der Waals surface area contributed by atoms with Gasteiger partial charge in [-0.25, -0.2) is 0 Å². The molecule has 16 heteroatoms. The van der Waals surface area contributed by atoms with Gasteiger partial charge in [-0.3, -0.25) is 14.4 Å². The van der Waals surface area contributed by atoms with Crippen molar-refractivity contribution in [1.82, 2.24) is 10.2 Å². The van der Waals surface area contributed by atoms with Gasteiger partial charge in [0.15, 0.2) is 0 Å². The number of carbonyl (C=O) groups excluding carboxylic acids is 3. The quantitative estimate of drug-likeness (QED) is 0.180. The molecule has 44 heavy (non-hydrogen) atoms. The number of anilines is 1. The average Bonchev–Trinajstić information content (AvgIpc) is 3.21. The van der Waals surface area contributed by atoms with Crippen LogP contribution in [0.15, 0.2) is 42.5 Å². The average molecular weight is 624 g/mol. The number of carbonyl (C=O) groups is 3. The first-order chi connectivity index (χ1) is 20.6. The summed E-state index contributed by atoms with van der Waals surface area (Å²) in [7, 11) is 0.401. The maximum absolute atomic E-state index is 12.2. The first kappa shape index (κ1) is 36.5. The Balaban J connectivity index is 0.000000469. The Hall–Kier alpha value is -3.70. The smallest absolute Gasteiger partial charge is 0.492 e. The molecule has 0 saturated heterocycles. The topological polar surface area (TPSA) is 195 Å². The molecule has 0 radical (unpaired) electrons. The summed E-state index contributed by atoms with van der Waals surface area (Å²) in [5, 5.41) is 15.1. The van der Waals surface area contributed by atoms with Gasteiger partial charge in [0, 0.05) is 38.3 Å². The van der Waals surface area contributed by atoms with Gasteiger partial charge in [-0.2, -0.15) is 13.2 Å². The minimum absolute atomic E-state index is 0.0830. The summed E-state index contributed by atoms with van der Waals surface area (Å²) in [6.45, 7) is 4.81. The lowest BCUT2D eigenvalue weighted by Crippen LogP contribution is -2.45. The number of amides is 3. The molecule has 1 heterocycles. The van der Waals surface area contributed by atoms with Gasteiger partial charge < -0.3 is 47.1 Å². The number of benzene rings is 2. The van der Waals surface area contributed by atoms with Gasteiger partial charge in [-0.1, -0.05) is 6.07 Å². The van der Waals surface area contributed by atoms with Crippen LogP contribution in [-0.2, 0) is 30.8 Å². The Morgan fingerprint density at radius 1 is 1.09 bits per heavy atom. The molecule has 1 atom stereocenters. The number of methoxy groups -OCH3 is 1. The van der Waals surface area contributed by atoms with Gasteiger partial charge in [0.1, 0.15) is 5.75 Å². The molecule has 242 valence electrons. The van der Waals surface area contributed by atoms with E-state index in [1.165, 1.54) is 19.2 Å². The van der Waals surface area contributed by atoms with E-state index in [2.05, 4.69) is 10.6 Å². The second kappa shape index (κ2) is 16.4. The summed E-state index contributed by atoms with van der Waals surface area (Å²) in [6.07, 6.45) is -4.05. The van der Waals surface area contributed by atoms with Crippen LogP contribution in [0.3, 0.4) is 0 Å². The number of alkyl halides is 3. The number of nitrogens with two attached hydrogens (primary N) is 3. The zero-order valence-electron chi connectivity index (χ0n) is 24.9. The van der Waals surface area contributed by atoms with E-state index in [1.807, 2.05) is 13.8 Å². The molecule has 0 spiro atoms. The molecule has 0 aliphatic carbocycles. The lowest BCUT2D eigenvalue weighted by atomic mass is 9.78. The second-order valence-electron chi connectivity index (χ2n) is 10.4. The Kier molecular flexibility index (Phi) is 13.6. The van der Waals surface area contributed by atoms with E-state index in [4.69, 9.17) is 26.6 Å². The van der Waals surface area contributed by atoms with E-state index in [0.29, 0.717) is 43.1 Å². The van der Waals surface area contributed by atoms with Gasteiger partial charge in [0.25, 0.3) is 0 Å². The summed E-state index contributed by atoms with van der Waals surface area (Å²) in [5.41, 5.74) is 17.4. The predicted octanol–water partition coefficient (Wildman–Crippen LogP) is 0.262. The van der Waals surface area contributed by atoms with E-state index >= 15 is 0 Å². The molecule has 3 rings (SSSR count). The standard InChI is InChI=1S/C20H33BN6O5.C8H7F3O/c1-20(2)14-11-13(3-4-15(14)21(31)32-20)26-17(28)12-25-19(30)16(24)5-6-18(29)27(9-7-22)10-8-23;1-12-7-4-2-6(3-5-7)8(9,10)11/h3-4,11,16,31H,5-10,12,22-24H2,1-2H3,(H,25,30)(H,26,28);2-5H,1H3. The molecule has 0 saturated carbocycles. The lowest BCUT2D eigenvalue weighted by Gasteiger charge is -2.22. The van der Waals surface area contributed by atoms with Gasteiger partial charge in [-0.05, 0) is 67.7 Å². The number of halogens is 3. The van der Waals surface area contributed by atoms with Crippen molar-refractivity contribution in [2.24, 2.45) is 17.2 Å². The van der Waals surface area contributed by atoms with Crippen molar-refractivity contribution in [3.63, 3.8) is 0 Å². The maximum atomic E-state index is 12.2. The van der Waals surface area contributed by atoms with Crippen molar-refractivity contribution >= 4 is 36.0 Å². The van der Waals surface area contributed by atoms with Crippen molar-refractivity contribution < 1.29 is 42.0 Å². The van der Waals surface area contributed by atoms with Crippen LogP contribution < -0.4 is 38.0 Å². The SMILES string of the molecule is CC1(C)OB(O)c2ccc(NC(=O)CNC(=O)C(N)CCC(=O)N(CCN)CCN)cc21.COc1ccc(C(F)(F)F)cc1. The lowest BCUT2D eigenvalue weighted by molar-refractivity contribution is -0.137. The van der Waals surface area contributed by atoms with Crippen LogP contribution in [0, 0.1) is 0 Å². The van der Waals surface area contributed by atoms with Crippen LogP contribution in [0.1, 0.15) is 37.8 Å². The summed E-state index contributed by atoms with van der Waals surface area (Å²) in [5.74, 6) is -0.710. The molecule has 12 nitrogen and oxygen atoms in total. The fraction of sp³-hybridized carbons (Fsp3) is 0.464. The van der Waals surface area contributed by atoms with Crippen molar-refractivity contribution in [2.75, 3.05) is 45.2 Å². The minimum Gasteiger partial charge on any atom is -0.497 e. The fourth-order valence-corrected chi connectivity index (χ4v) is 4.30. The first-order valence-corrected chi connectivity index (χ1v) is 13.9. The van der Waals surface area contributed by atoms with Crippen LogP contribution in [0.25, 0.3) is 0 Å². The van der Waals surface area contributed by atoms with E-state index < -0.39 is 42.3 Å². The van der Waals surface area contributed by atoms with Crippen molar-refractivity contribution in [1.29, 1.82) is 0 Å². The first-order valence-electron chi connectivity index (χ1n) is 13.9. The highest BCUT2D eigenvalue weighted by atomic mass is 19.4. The molecule has 0 fully saturated rings. The number of hydrogen-bond acceptors (Lipinski definition) is 9. The third-order valence-electron chi connectivity index (χ3n) is 6.66.